The van der Waals surface area contributed by atoms with Crippen LogP contribution >= 0.6 is 22.9 Å². The van der Waals surface area contributed by atoms with E-state index in [-0.39, 0.29) is 6.04 Å². The summed E-state index contributed by atoms with van der Waals surface area (Å²) < 4.78 is 5.17. The van der Waals surface area contributed by atoms with Crippen LogP contribution in [-0.2, 0) is 0 Å². The molecule has 0 amide bonds. The molecule has 84 valence electrons. The lowest BCUT2D eigenvalue weighted by atomic mass is 10.1. The Balaban J connectivity index is 2.41. The number of ether oxygens (including phenoxy) is 1. The molecule has 16 heavy (non-hydrogen) atoms. The Morgan fingerprint density at radius 3 is 2.94 bits per heavy atom. The molecular weight excluding hydrogens is 244 g/mol. The number of aromatic nitrogens is 1. The zero-order chi connectivity index (χ0) is 11.5. The van der Waals surface area contributed by atoms with Gasteiger partial charge in [0.15, 0.2) is 0 Å². The van der Waals surface area contributed by atoms with Gasteiger partial charge >= 0.3 is 0 Å². The molecule has 0 aliphatic heterocycles. The molecule has 0 bridgehead atoms. The second-order valence-corrected chi connectivity index (χ2v) is 4.57. The number of thiophene rings is 1. The van der Waals surface area contributed by atoms with Crippen LogP contribution in [0.3, 0.4) is 0 Å². The van der Waals surface area contributed by atoms with Crippen molar-refractivity contribution in [3.8, 4) is 5.88 Å². The summed E-state index contributed by atoms with van der Waals surface area (Å²) in [7, 11) is 1.58. The Morgan fingerprint density at radius 2 is 2.31 bits per heavy atom. The Bertz CT molecular complexity index is 486. The van der Waals surface area contributed by atoms with E-state index in [1.807, 2.05) is 23.6 Å². The van der Waals surface area contributed by atoms with Crippen molar-refractivity contribution in [3.63, 3.8) is 0 Å². The fourth-order valence-corrected chi connectivity index (χ4v) is 2.67. The molecule has 1 unspecified atom stereocenters. The maximum atomic E-state index is 6.14. The highest BCUT2D eigenvalue weighted by Gasteiger charge is 2.18. The number of pyridine rings is 1. The van der Waals surface area contributed by atoms with Gasteiger partial charge in [-0.15, -0.1) is 11.3 Å². The van der Waals surface area contributed by atoms with Crippen LogP contribution < -0.4 is 10.5 Å². The zero-order valence-electron chi connectivity index (χ0n) is 8.68. The van der Waals surface area contributed by atoms with Gasteiger partial charge in [0.05, 0.1) is 18.2 Å². The maximum Gasteiger partial charge on any atom is 0.218 e. The first-order chi connectivity index (χ1) is 7.74. The van der Waals surface area contributed by atoms with Gasteiger partial charge in [-0.3, -0.25) is 0 Å². The van der Waals surface area contributed by atoms with Crippen molar-refractivity contribution in [1.82, 2.24) is 4.98 Å². The van der Waals surface area contributed by atoms with E-state index >= 15 is 0 Å². The van der Waals surface area contributed by atoms with Crippen LogP contribution in [0.5, 0.6) is 5.88 Å². The maximum absolute atomic E-state index is 6.14. The molecule has 0 saturated carbocycles. The lowest BCUT2D eigenvalue weighted by Gasteiger charge is -2.13. The van der Waals surface area contributed by atoms with E-state index in [1.54, 1.807) is 13.3 Å². The fraction of sp³-hybridized carbons (Fsp3) is 0.182. The van der Waals surface area contributed by atoms with E-state index in [0.29, 0.717) is 10.9 Å². The molecule has 0 spiro atoms. The smallest absolute Gasteiger partial charge is 0.218 e. The first kappa shape index (κ1) is 11.4. The predicted octanol–water partition coefficient (Wildman–Crippen LogP) is 2.85. The van der Waals surface area contributed by atoms with Gasteiger partial charge in [0.2, 0.25) is 5.88 Å². The van der Waals surface area contributed by atoms with Crippen LogP contribution in [0.2, 0.25) is 5.02 Å². The van der Waals surface area contributed by atoms with Gasteiger partial charge in [0.25, 0.3) is 0 Å². The zero-order valence-corrected chi connectivity index (χ0v) is 10.3. The number of rotatable bonds is 3. The molecule has 5 heteroatoms. The van der Waals surface area contributed by atoms with E-state index in [2.05, 4.69) is 4.98 Å². The molecule has 1 atom stereocenters. The Hall–Kier alpha value is -1.10. The molecule has 2 aromatic heterocycles. The molecule has 0 aliphatic rings. The number of nitrogens with two attached hydrogens (primary N) is 1. The summed E-state index contributed by atoms with van der Waals surface area (Å²) in [6, 6.07) is 5.27. The van der Waals surface area contributed by atoms with Crippen LogP contribution in [0.15, 0.2) is 29.8 Å². The summed E-state index contributed by atoms with van der Waals surface area (Å²) in [5.74, 6) is 0.541. The third-order valence-electron chi connectivity index (χ3n) is 2.26. The Labute approximate surface area is 103 Å². The van der Waals surface area contributed by atoms with E-state index in [9.17, 15) is 0 Å². The van der Waals surface area contributed by atoms with Gasteiger partial charge in [-0.25, -0.2) is 4.98 Å². The minimum absolute atomic E-state index is 0.295. The standard InChI is InChI=1S/C11H11ClN2OS/c1-15-11-7(3-2-5-14-11)9(13)10-8(12)4-6-16-10/h2-6,9H,13H2,1H3. The third kappa shape index (κ3) is 2.04. The van der Waals surface area contributed by atoms with Crippen molar-refractivity contribution in [3.05, 3.63) is 45.2 Å². The summed E-state index contributed by atoms with van der Waals surface area (Å²) in [5.41, 5.74) is 6.99. The van der Waals surface area contributed by atoms with E-state index in [4.69, 9.17) is 22.1 Å². The highest BCUT2D eigenvalue weighted by Crippen LogP contribution is 2.33. The average molecular weight is 255 g/mol. The highest BCUT2D eigenvalue weighted by atomic mass is 35.5. The Morgan fingerprint density at radius 1 is 1.50 bits per heavy atom. The van der Waals surface area contributed by atoms with Gasteiger partial charge < -0.3 is 10.5 Å². The lowest BCUT2D eigenvalue weighted by molar-refractivity contribution is 0.391. The first-order valence-corrected chi connectivity index (χ1v) is 5.97. The van der Waals surface area contributed by atoms with Crippen molar-refractivity contribution in [2.45, 2.75) is 6.04 Å². The van der Waals surface area contributed by atoms with E-state index in [1.165, 1.54) is 11.3 Å². The molecule has 0 saturated heterocycles. The molecule has 0 radical (unpaired) electrons. The van der Waals surface area contributed by atoms with E-state index in [0.717, 1.165) is 10.4 Å². The first-order valence-electron chi connectivity index (χ1n) is 4.71. The largest absolute Gasteiger partial charge is 0.481 e. The highest BCUT2D eigenvalue weighted by molar-refractivity contribution is 7.10. The molecule has 0 aromatic carbocycles. The van der Waals surface area contributed by atoms with Gasteiger partial charge in [0.1, 0.15) is 0 Å². The van der Waals surface area contributed by atoms with Crippen molar-refractivity contribution in [1.29, 1.82) is 0 Å². The summed E-state index contributed by atoms with van der Waals surface area (Å²) in [5, 5.41) is 2.60. The van der Waals surface area contributed by atoms with Crippen LogP contribution in [0, 0.1) is 0 Å². The fourth-order valence-electron chi connectivity index (χ4n) is 1.48. The molecule has 0 aliphatic carbocycles. The average Bonchev–Trinajstić information content (AvgIpc) is 2.74. The lowest BCUT2D eigenvalue weighted by Crippen LogP contribution is -2.12. The molecule has 3 nitrogen and oxygen atoms in total. The minimum Gasteiger partial charge on any atom is -0.481 e. The van der Waals surface area contributed by atoms with Crippen molar-refractivity contribution >= 4 is 22.9 Å². The molecule has 2 heterocycles. The van der Waals surface area contributed by atoms with Crippen molar-refractivity contribution in [2.24, 2.45) is 5.73 Å². The van der Waals surface area contributed by atoms with Crippen molar-refractivity contribution < 1.29 is 4.74 Å². The SMILES string of the molecule is COc1ncccc1C(N)c1sccc1Cl. The molecule has 2 rings (SSSR count). The third-order valence-corrected chi connectivity index (χ3v) is 3.70. The van der Waals surface area contributed by atoms with Gasteiger partial charge in [-0.1, -0.05) is 17.7 Å². The second-order valence-electron chi connectivity index (χ2n) is 3.21. The number of methoxy groups -OCH3 is 1. The molecule has 2 aromatic rings. The minimum atomic E-state index is -0.295. The molecule has 0 fully saturated rings. The van der Waals surface area contributed by atoms with Crippen LogP contribution in [0.4, 0.5) is 0 Å². The van der Waals surface area contributed by atoms with E-state index < -0.39 is 0 Å². The van der Waals surface area contributed by atoms with Crippen LogP contribution in [-0.4, -0.2) is 12.1 Å². The number of nitrogens with zero attached hydrogens (tertiary/aromatic N) is 1. The monoisotopic (exact) mass is 254 g/mol. The number of hydrogen-bond donors (Lipinski definition) is 1. The Kier molecular flexibility index (Phi) is 3.43. The van der Waals surface area contributed by atoms with Gasteiger partial charge in [-0.05, 0) is 17.5 Å². The quantitative estimate of drug-likeness (QED) is 0.916. The van der Waals surface area contributed by atoms with Crippen LogP contribution in [0.25, 0.3) is 0 Å². The van der Waals surface area contributed by atoms with Crippen LogP contribution in [0.1, 0.15) is 16.5 Å². The number of halogens is 1. The molecule has 2 N–H and O–H groups in total. The predicted molar refractivity (Wildman–Crippen MR) is 66.1 cm³/mol. The normalized spacial score (nSPS) is 12.4. The summed E-state index contributed by atoms with van der Waals surface area (Å²) in [6.07, 6.45) is 1.67. The topological polar surface area (TPSA) is 48.1 Å². The molecular formula is C11H11ClN2OS. The van der Waals surface area contributed by atoms with Gasteiger partial charge in [-0.2, -0.15) is 0 Å². The summed E-state index contributed by atoms with van der Waals surface area (Å²) >= 11 is 7.58. The van der Waals surface area contributed by atoms with Gasteiger partial charge in [0, 0.05) is 16.6 Å². The summed E-state index contributed by atoms with van der Waals surface area (Å²) in [4.78, 5) is 5.04. The number of hydrogen-bond acceptors (Lipinski definition) is 4. The van der Waals surface area contributed by atoms with Crippen molar-refractivity contribution in [2.75, 3.05) is 7.11 Å². The second kappa shape index (κ2) is 4.82. The summed E-state index contributed by atoms with van der Waals surface area (Å²) in [6.45, 7) is 0.